The maximum atomic E-state index is 11.3. The number of ether oxygens (including phenoxy) is 1. The summed E-state index contributed by atoms with van der Waals surface area (Å²) in [7, 11) is 0. The van der Waals surface area contributed by atoms with Crippen LogP contribution in [0.3, 0.4) is 0 Å². The fourth-order valence-electron chi connectivity index (χ4n) is 0.924. The van der Waals surface area contributed by atoms with E-state index in [0.29, 0.717) is 12.3 Å². The number of rotatable bonds is 7. The summed E-state index contributed by atoms with van der Waals surface area (Å²) in [6.07, 6.45) is -0.212. The minimum Gasteiger partial charge on any atom is -0.466 e. The molecule has 0 aliphatic heterocycles. The second kappa shape index (κ2) is 9.04. The molecule has 0 radical (unpaired) electrons. The first-order valence-corrected chi connectivity index (χ1v) is 6.54. The van der Waals surface area contributed by atoms with Crippen LogP contribution in [0.25, 0.3) is 0 Å². The zero-order chi connectivity index (χ0) is 13.3. The second-order valence-electron chi connectivity index (χ2n) is 3.65. The van der Waals surface area contributed by atoms with E-state index in [4.69, 9.17) is 0 Å². The Balaban J connectivity index is 3.58. The molecule has 0 rings (SSSR count). The Morgan fingerprint density at radius 3 is 2.47 bits per heavy atom. The van der Waals surface area contributed by atoms with Crippen molar-refractivity contribution in [3.63, 3.8) is 0 Å². The van der Waals surface area contributed by atoms with Crippen LogP contribution in [0.4, 0.5) is 0 Å². The maximum Gasteiger partial charge on any atom is 0.314 e. The van der Waals surface area contributed by atoms with E-state index in [0.717, 1.165) is 11.8 Å². The highest BCUT2D eigenvalue weighted by atomic mass is 32.2. The molecule has 1 amide bonds. The smallest absolute Gasteiger partial charge is 0.314 e. The number of carbonyl (C=O) groups excluding carboxylic acids is 3. The Hall–Kier alpha value is -1.04. The molecule has 0 spiro atoms. The van der Waals surface area contributed by atoms with Gasteiger partial charge in [0.05, 0.1) is 6.61 Å². The Bertz CT molecular complexity index is 279. The fourth-order valence-corrected chi connectivity index (χ4v) is 1.58. The lowest BCUT2D eigenvalue weighted by Gasteiger charge is -2.06. The van der Waals surface area contributed by atoms with Gasteiger partial charge < -0.3 is 10.1 Å². The van der Waals surface area contributed by atoms with Crippen molar-refractivity contribution >= 4 is 28.8 Å². The number of carbonyl (C=O) groups is 3. The van der Waals surface area contributed by atoms with E-state index in [1.807, 2.05) is 0 Å². The molecule has 6 heteroatoms. The van der Waals surface area contributed by atoms with Crippen LogP contribution in [0.1, 0.15) is 27.2 Å². The van der Waals surface area contributed by atoms with Gasteiger partial charge in [0, 0.05) is 18.2 Å². The third-order valence-corrected chi connectivity index (χ3v) is 2.66. The number of hydrogen-bond donors (Lipinski definition) is 1. The van der Waals surface area contributed by atoms with Crippen molar-refractivity contribution in [3.05, 3.63) is 0 Å². The average Bonchev–Trinajstić information content (AvgIpc) is 2.24. The predicted molar refractivity (Wildman–Crippen MR) is 66.6 cm³/mol. The molecular formula is C11H19NO4S. The van der Waals surface area contributed by atoms with Crippen molar-refractivity contribution in [2.24, 2.45) is 5.92 Å². The fraction of sp³-hybridized carbons (Fsp3) is 0.727. The Morgan fingerprint density at radius 2 is 1.94 bits per heavy atom. The van der Waals surface area contributed by atoms with Crippen molar-refractivity contribution in [2.75, 3.05) is 18.9 Å². The molecule has 17 heavy (non-hydrogen) atoms. The summed E-state index contributed by atoms with van der Waals surface area (Å²) >= 11 is 1.03. The number of esters is 1. The van der Waals surface area contributed by atoms with E-state index in [1.54, 1.807) is 20.8 Å². The van der Waals surface area contributed by atoms with Gasteiger partial charge in [0.1, 0.15) is 6.42 Å². The van der Waals surface area contributed by atoms with Gasteiger partial charge in [-0.25, -0.2) is 0 Å². The Labute approximate surface area is 106 Å². The van der Waals surface area contributed by atoms with E-state index in [9.17, 15) is 14.4 Å². The Morgan fingerprint density at radius 1 is 1.29 bits per heavy atom. The lowest BCUT2D eigenvalue weighted by atomic mass is 10.2. The van der Waals surface area contributed by atoms with Crippen LogP contribution >= 0.6 is 11.8 Å². The zero-order valence-electron chi connectivity index (χ0n) is 10.4. The molecule has 0 aliphatic rings. The summed E-state index contributed by atoms with van der Waals surface area (Å²) < 4.78 is 4.65. The molecule has 0 fully saturated rings. The maximum absolute atomic E-state index is 11.3. The highest BCUT2D eigenvalue weighted by molar-refractivity contribution is 8.13. The SMILES string of the molecule is CCOC(=O)CC(=O)SCCNC(=O)C(C)C. The van der Waals surface area contributed by atoms with E-state index < -0.39 is 5.97 Å². The summed E-state index contributed by atoms with van der Waals surface area (Å²) in [5.41, 5.74) is 0. The predicted octanol–water partition coefficient (Wildman–Crippen LogP) is 0.972. The first-order valence-electron chi connectivity index (χ1n) is 5.56. The Kier molecular flexibility index (Phi) is 8.49. The van der Waals surface area contributed by atoms with Crippen LogP contribution in [0.2, 0.25) is 0 Å². The highest BCUT2D eigenvalue weighted by Crippen LogP contribution is 2.05. The van der Waals surface area contributed by atoms with Gasteiger partial charge in [-0.3, -0.25) is 14.4 Å². The first-order chi connectivity index (χ1) is 7.97. The van der Waals surface area contributed by atoms with Gasteiger partial charge in [-0.05, 0) is 6.92 Å². The third-order valence-electron chi connectivity index (χ3n) is 1.78. The zero-order valence-corrected chi connectivity index (χ0v) is 11.3. The summed E-state index contributed by atoms with van der Waals surface area (Å²) in [6, 6.07) is 0. The second-order valence-corrected chi connectivity index (χ2v) is 4.80. The molecule has 0 aromatic carbocycles. The molecule has 0 heterocycles. The number of hydrogen-bond acceptors (Lipinski definition) is 5. The van der Waals surface area contributed by atoms with Gasteiger partial charge in [-0.15, -0.1) is 0 Å². The number of amides is 1. The third kappa shape index (κ3) is 8.74. The molecular weight excluding hydrogens is 242 g/mol. The standard InChI is InChI=1S/C11H19NO4S/c1-4-16-9(13)7-10(14)17-6-5-12-11(15)8(2)3/h8H,4-7H2,1-3H3,(H,12,15). The molecule has 5 nitrogen and oxygen atoms in total. The van der Waals surface area contributed by atoms with E-state index in [2.05, 4.69) is 10.1 Å². The van der Waals surface area contributed by atoms with Crippen molar-refractivity contribution in [1.29, 1.82) is 0 Å². The summed E-state index contributed by atoms with van der Waals surface area (Å²) in [5.74, 6) is -0.133. The van der Waals surface area contributed by atoms with Crippen LogP contribution in [-0.2, 0) is 19.1 Å². The van der Waals surface area contributed by atoms with Gasteiger partial charge in [0.2, 0.25) is 5.91 Å². The average molecular weight is 261 g/mol. The molecule has 0 aliphatic carbocycles. The molecule has 0 unspecified atom stereocenters. The van der Waals surface area contributed by atoms with Crippen molar-refractivity contribution in [1.82, 2.24) is 5.32 Å². The summed E-state index contributed by atoms with van der Waals surface area (Å²) in [5, 5.41) is 2.45. The van der Waals surface area contributed by atoms with Gasteiger partial charge in [0.25, 0.3) is 0 Å². The minimum absolute atomic E-state index is 0.0385. The molecule has 0 bridgehead atoms. The van der Waals surface area contributed by atoms with E-state index in [-0.39, 0.29) is 30.0 Å². The van der Waals surface area contributed by atoms with Gasteiger partial charge >= 0.3 is 5.97 Å². The summed E-state index contributed by atoms with van der Waals surface area (Å²) in [6.45, 7) is 6.00. The quantitative estimate of drug-likeness (QED) is 0.420. The number of nitrogens with one attached hydrogen (secondary N) is 1. The molecule has 0 aromatic rings. The molecule has 0 saturated heterocycles. The summed E-state index contributed by atoms with van der Waals surface area (Å²) in [4.78, 5) is 33.4. The lowest BCUT2D eigenvalue weighted by Crippen LogP contribution is -2.29. The first kappa shape index (κ1) is 16.0. The molecule has 0 aromatic heterocycles. The van der Waals surface area contributed by atoms with E-state index >= 15 is 0 Å². The molecule has 98 valence electrons. The van der Waals surface area contributed by atoms with E-state index in [1.165, 1.54) is 0 Å². The molecule has 0 atom stereocenters. The van der Waals surface area contributed by atoms with Gasteiger partial charge in [-0.1, -0.05) is 25.6 Å². The topological polar surface area (TPSA) is 72.5 Å². The van der Waals surface area contributed by atoms with Crippen LogP contribution in [0, 0.1) is 5.92 Å². The largest absolute Gasteiger partial charge is 0.466 e. The van der Waals surface area contributed by atoms with Gasteiger partial charge in [0.15, 0.2) is 5.12 Å². The molecule has 0 saturated carbocycles. The normalized spacial score (nSPS) is 10.1. The van der Waals surface area contributed by atoms with Crippen molar-refractivity contribution in [2.45, 2.75) is 27.2 Å². The molecule has 1 N–H and O–H groups in total. The van der Waals surface area contributed by atoms with Crippen LogP contribution in [0.15, 0.2) is 0 Å². The monoisotopic (exact) mass is 261 g/mol. The van der Waals surface area contributed by atoms with Crippen molar-refractivity contribution in [3.8, 4) is 0 Å². The van der Waals surface area contributed by atoms with Crippen molar-refractivity contribution < 1.29 is 19.1 Å². The van der Waals surface area contributed by atoms with Crippen LogP contribution in [-0.4, -0.2) is 35.9 Å². The van der Waals surface area contributed by atoms with Crippen LogP contribution in [0.5, 0.6) is 0 Å². The number of thioether (sulfide) groups is 1. The highest BCUT2D eigenvalue weighted by Gasteiger charge is 2.11. The lowest BCUT2D eigenvalue weighted by molar-refractivity contribution is -0.144. The minimum atomic E-state index is -0.504. The van der Waals surface area contributed by atoms with Gasteiger partial charge in [-0.2, -0.15) is 0 Å². The van der Waals surface area contributed by atoms with Crippen LogP contribution < -0.4 is 5.32 Å².